The van der Waals surface area contributed by atoms with Gasteiger partial charge in [0.05, 0.1) is 10.7 Å². The van der Waals surface area contributed by atoms with Gasteiger partial charge in [0.2, 0.25) is 0 Å². The van der Waals surface area contributed by atoms with Gasteiger partial charge >= 0.3 is 14.2 Å². The molecule has 0 rings (SSSR count). The Morgan fingerprint density at radius 3 is 1.83 bits per heavy atom. The van der Waals surface area contributed by atoms with Crippen LogP contribution in [-0.4, -0.2) is 8.42 Å². The molecule has 0 aromatic carbocycles. The Labute approximate surface area is 38.6 Å². The largest absolute Gasteiger partial charge is 0.544 e. The molecule has 3 nitrogen and oxygen atoms in total. The van der Waals surface area contributed by atoms with E-state index in [1.807, 2.05) is 0 Å². The van der Waals surface area contributed by atoms with Crippen LogP contribution in [-0.2, 0) is 9.24 Å². The lowest BCUT2D eigenvalue weighted by molar-refractivity contribution is 0.422. The van der Waals surface area contributed by atoms with Gasteiger partial charge in [-0.3, -0.25) is 0 Å². The summed E-state index contributed by atoms with van der Waals surface area (Å²) < 4.78 is 28.9. The molecule has 0 heterocycles. The van der Waals surface area contributed by atoms with E-state index in [0.29, 0.717) is 0 Å². The Morgan fingerprint density at radius 1 is 1.67 bits per heavy atom. The molecule has 0 unspecified atom stereocenters. The fraction of sp³-hybridized carbons (Fsp3) is 0. The molecule has 0 saturated carbocycles. The maximum Gasteiger partial charge on any atom is 0.544 e. The van der Waals surface area contributed by atoms with Gasteiger partial charge in [-0.25, -0.2) is 0 Å². The molecule has 36 valence electrons. The van der Waals surface area contributed by atoms with Crippen LogP contribution in [0.3, 0.4) is 0 Å². The van der Waals surface area contributed by atoms with E-state index in [1.165, 1.54) is 4.94 Å². The Hall–Kier alpha value is 0.130. The van der Waals surface area contributed by atoms with E-state index in [4.69, 9.17) is 0 Å². The van der Waals surface area contributed by atoms with Crippen LogP contribution in [0.2, 0.25) is 0 Å². The Balaban J connectivity index is 3.85. The predicted octanol–water partition coefficient (Wildman–Crippen LogP) is -0.0411. The SMILES string of the molecule is O=S(=O)(Cl)[N+]F. The number of hydrogen-bond donors (Lipinski definition) is 0. The summed E-state index contributed by atoms with van der Waals surface area (Å²) in [5, 5.41) is 0. The molecule has 0 aliphatic carbocycles. The maximum absolute atomic E-state index is 10.4. The smallest absolute Gasteiger partial charge is 0.144 e. The highest BCUT2D eigenvalue weighted by Crippen LogP contribution is 1.88. The highest BCUT2D eigenvalue weighted by molar-refractivity contribution is 8.12. The lowest BCUT2D eigenvalue weighted by Gasteiger charge is -1.51. The van der Waals surface area contributed by atoms with Crippen molar-refractivity contribution in [1.82, 2.24) is 4.94 Å². The van der Waals surface area contributed by atoms with Crippen molar-refractivity contribution in [1.29, 1.82) is 0 Å². The third kappa shape index (κ3) is 4.13. The van der Waals surface area contributed by atoms with Gasteiger partial charge in [0, 0.05) is 0 Å². The molecule has 0 bridgehead atoms. The molecule has 0 aromatic rings. The van der Waals surface area contributed by atoms with Crippen molar-refractivity contribution < 1.29 is 12.9 Å². The van der Waals surface area contributed by atoms with Crippen molar-refractivity contribution in [3.8, 4) is 0 Å². The van der Waals surface area contributed by atoms with Gasteiger partial charge in [-0.15, -0.1) is 8.42 Å². The predicted molar refractivity (Wildman–Crippen MR) is 18.0 cm³/mol. The van der Waals surface area contributed by atoms with Crippen LogP contribution in [0.1, 0.15) is 0 Å². The summed E-state index contributed by atoms with van der Waals surface area (Å²) in [7, 11) is -0.0833. The molecule has 0 aliphatic rings. The normalized spacial score (nSPS) is 11.7. The zero-order chi connectivity index (χ0) is 5.21. The first-order chi connectivity index (χ1) is 2.56. The lowest BCUT2D eigenvalue weighted by atomic mass is 13.8. The Bertz CT molecular complexity index is 116. The van der Waals surface area contributed by atoms with Gasteiger partial charge in [-0.1, -0.05) is 0 Å². The van der Waals surface area contributed by atoms with Crippen molar-refractivity contribution in [3.05, 3.63) is 0 Å². The first-order valence-corrected chi connectivity index (χ1v) is 3.11. The second-order valence-electron chi connectivity index (χ2n) is 0.481. The van der Waals surface area contributed by atoms with E-state index in [9.17, 15) is 12.9 Å². The first kappa shape index (κ1) is 6.13. The van der Waals surface area contributed by atoms with E-state index < -0.39 is 9.24 Å². The van der Waals surface area contributed by atoms with E-state index in [1.54, 1.807) is 0 Å². The maximum atomic E-state index is 10.4. The number of halogens is 2. The minimum Gasteiger partial charge on any atom is -0.144 e. The van der Waals surface area contributed by atoms with Crippen LogP contribution in [0.25, 0.3) is 0 Å². The lowest BCUT2D eigenvalue weighted by Crippen LogP contribution is -1.95. The molecule has 0 N–H and O–H groups in total. The second kappa shape index (κ2) is 1.72. The average molecular weight is 133 g/mol. The Morgan fingerprint density at radius 2 is 1.83 bits per heavy atom. The van der Waals surface area contributed by atoms with Crippen molar-refractivity contribution in [2.24, 2.45) is 0 Å². The molecule has 6 heteroatoms. The zero-order valence-corrected chi connectivity index (χ0v) is 4.00. The molecule has 0 aromatic heterocycles. The monoisotopic (exact) mass is 132 g/mol. The highest BCUT2D eigenvalue weighted by atomic mass is 35.7. The molecular weight excluding hydrogens is 133 g/mol. The summed E-state index contributed by atoms with van der Waals surface area (Å²) in [6.45, 7) is 0. The molecule has 0 saturated heterocycles. The third-order valence-electron chi connectivity index (χ3n) is 0.0824. The van der Waals surface area contributed by atoms with Gasteiger partial charge in [0.25, 0.3) is 0 Å². The van der Waals surface area contributed by atoms with E-state index >= 15 is 0 Å². The van der Waals surface area contributed by atoms with Crippen molar-refractivity contribution in [2.75, 3.05) is 0 Å². The van der Waals surface area contributed by atoms with Crippen molar-refractivity contribution in [2.45, 2.75) is 0 Å². The molecule has 0 spiro atoms. The molecule has 0 amide bonds. The van der Waals surface area contributed by atoms with Crippen molar-refractivity contribution >= 4 is 19.9 Å². The molecular formula is ClFNO2S+. The Kier molecular flexibility index (Phi) is 1.76. The summed E-state index contributed by atoms with van der Waals surface area (Å²) in [6, 6.07) is 0. The van der Waals surface area contributed by atoms with Crippen LogP contribution in [0, 0.1) is 0 Å². The zero-order valence-electron chi connectivity index (χ0n) is 2.43. The standard InChI is InChI=1S/ClFNO2S/c1-6(4,5)3-2/q+1. The van der Waals surface area contributed by atoms with E-state index in [2.05, 4.69) is 10.7 Å². The molecule has 6 heavy (non-hydrogen) atoms. The molecule has 0 atom stereocenters. The van der Waals surface area contributed by atoms with Gasteiger partial charge in [-0.2, -0.15) is 0 Å². The van der Waals surface area contributed by atoms with Gasteiger partial charge in [0.1, 0.15) is 0 Å². The summed E-state index contributed by atoms with van der Waals surface area (Å²) in [5.41, 5.74) is 0. The summed E-state index contributed by atoms with van der Waals surface area (Å²) in [4.78, 5) is 1.26. The minimum absolute atomic E-state index is 1.26. The van der Waals surface area contributed by atoms with E-state index in [-0.39, 0.29) is 0 Å². The molecule has 0 aliphatic heterocycles. The van der Waals surface area contributed by atoms with Gasteiger partial charge < -0.3 is 0 Å². The molecule has 0 fully saturated rings. The summed E-state index contributed by atoms with van der Waals surface area (Å²) in [6.07, 6.45) is 0. The highest BCUT2D eigenvalue weighted by Gasteiger charge is 2.23. The summed E-state index contributed by atoms with van der Waals surface area (Å²) in [5.74, 6) is 0. The van der Waals surface area contributed by atoms with Crippen LogP contribution >= 0.6 is 10.7 Å². The third-order valence-corrected chi connectivity index (χ3v) is 0.404. The second-order valence-corrected chi connectivity index (χ2v) is 2.61. The van der Waals surface area contributed by atoms with Gasteiger partial charge in [-0.05, 0) is 0 Å². The van der Waals surface area contributed by atoms with Crippen LogP contribution in [0.4, 0.5) is 4.48 Å². The number of rotatable bonds is 1. The first-order valence-electron chi connectivity index (χ1n) is 0.839. The van der Waals surface area contributed by atoms with Crippen LogP contribution < -0.4 is 4.94 Å². The fourth-order valence-corrected chi connectivity index (χ4v) is 0. The van der Waals surface area contributed by atoms with Crippen molar-refractivity contribution in [3.63, 3.8) is 0 Å². The fourth-order valence-electron chi connectivity index (χ4n) is 0. The van der Waals surface area contributed by atoms with Crippen LogP contribution in [0.15, 0.2) is 0 Å². The van der Waals surface area contributed by atoms with E-state index in [0.717, 1.165) is 0 Å². The average Bonchev–Trinajstić information content (AvgIpc) is 1.35. The summed E-state index contributed by atoms with van der Waals surface area (Å²) >= 11 is 0. The van der Waals surface area contributed by atoms with Gasteiger partial charge in [0.15, 0.2) is 4.48 Å². The topological polar surface area (TPSA) is 48.2 Å². The number of nitrogens with zero attached hydrogens (tertiary/aromatic N) is 1. The minimum atomic E-state index is -4.23. The quantitative estimate of drug-likeness (QED) is 0.470. The number of hydrogen-bond acceptors (Lipinski definition) is 2. The van der Waals surface area contributed by atoms with Crippen LogP contribution in [0.5, 0.6) is 0 Å². The molecule has 2 radical (unpaired) electrons.